The average molecular weight is 515 g/mol. The van der Waals surface area contributed by atoms with E-state index in [1.807, 2.05) is 0 Å². The van der Waals surface area contributed by atoms with E-state index in [0.717, 1.165) is 29.3 Å². The zero-order chi connectivity index (χ0) is 25.0. The Labute approximate surface area is 212 Å². The minimum Gasteiger partial charge on any atom is -0.497 e. The summed E-state index contributed by atoms with van der Waals surface area (Å²) in [6.07, 6.45) is 2.67. The minimum atomic E-state index is -1.13. The number of halogens is 2. The predicted octanol–water partition coefficient (Wildman–Crippen LogP) is 4.66. The molecule has 1 saturated heterocycles. The first-order valence-corrected chi connectivity index (χ1v) is 12.3. The Kier molecular flexibility index (Phi) is 6.09. The summed E-state index contributed by atoms with van der Waals surface area (Å²) < 4.78 is 5.15. The highest BCUT2D eigenvalue weighted by Crippen LogP contribution is 2.56. The first-order valence-electron chi connectivity index (χ1n) is 11.6. The molecule has 0 N–H and O–H groups in total. The topological polar surface area (TPSA) is 84.0 Å². The highest BCUT2D eigenvalue weighted by molar-refractivity contribution is 6.42. The number of carbonyl (C=O) groups excluding carboxylic acids is 4. The fourth-order valence-corrected chi connectivity index (χ4v) is 6.21. The van der Waals surface area contributed by atoms with Crippen LogP contribution in [0.4, 0.5) is 0 Å². The second kappa shape index (κ2) is 8.95. The van der Waals surface area contributed by atoms with Crippen LogP contribution in [-0.4, -0.2) is 46.7 Å². The summed E-state index contributed by atoms with van der Waals surface area (Å²) in [5.41, 5.74) is 0.444. The van der Waals surface area contributed by atoms with E-state index in [4.69, 9.17) is 27.9 Å². The van der Waals surface area contributed by atoms with Crippen LogP contribution in [0.1, 0.15) is 46.9 Å². The molecule has 3 amide bonds. The SMILES string of the molecule is COc1ccc(C(=O)[C@H](C)N(C(=O)c2ccc(Cl)c(Cl)c2)N2C(=O)[C@@H]3[C@H]4CC[C@@H](C4)[C@@H]3C2=O)cc1. The number of carbonyl (C=O) groups is 4. The molecule has 7 nitrogen and oxygen atoms in total. The minimum absolute atomic E-state index is 0.120. The molecule has 5 rings (SSSR count). The zero-order valence-electron chi connectivity index (χ0n) is 19.2. The molecule has 3 aliphatic rings. The van der Waals surface area contributed by atoms with Gasteiger partial charge in [0.15, 0.2) is 5.78 Å². The molecule has 0 aromatic heterocycles. The molecule has 182 valence electrons. The number of hydrazine groups is 1. The molecule has 1 heterocycles. The number of hydrogen-bond donors (Lipinski definition) is 0. The Morgan fingerprint density at radius 1 is 0.943 bits per heavy atom. The Morgan fingerprint density at radius 2 is 1.51 bits per heavy atom. The Morgan fingerprint density at radius 3 is 2.06 bits per heavy atom. The standard InChI is InChI=1S/C26H24Cl2N2O5/c1-13(23(31)14-5-8-18(35-2)9-6-14)29(24(32)17-7-10-19(27)20(28)12-17)30-25(33)21-15-3-4-16(11-15)22(21)26(30)34/h5-10,12-13,15-16,21-22H,3-4,11H2,1-2H3/t13-,15-,16-,21-,22+/m0/s1. The average Bonchev–Trinajstić information content (AvgIpc) is 3.55. The number of methoxy groups -OCH3 is 1. The highest BCUT2D eigenvalue weighted by atomic mass is 35.5. The van der Waals surface area contributed by atoms with Gasteiger partial charge in [-0.2, -0.15) is 5.01 Å². The van der Waals surface area contributed by atoms with Gasteiger partial charge >= 0.3 is 0 Å². The molecular formula is C26H24Cl2N2O5. The van der Waals surface area contributed by atoms with Gasteiger partial charge in [-0.05, 0) is 80.5 Å². The lowest BCUT2D eigenvalue weighted by Crippen LogP contribution is -2.56. The summed E-state index contributed by atoms with van der Waals surface area (Å²) in [6, 6.07) is 9.62. The lowest BCUT2D eigenvalue weighted by atomic mass is 9.81. The number of ether oxygens (including phenoxy) is 1. The lowest BCUT2D eigenvalue weighted by Gasteiger charge is -2.35. The van der Waals surface area contributed by atoms with E-state index in [-0.39, 0.29) is 27.4 Å². The number of amides is 3. The van der Waals surface area contributed by atoms with Crippen LogP contribution >= 0.6 is 23.2 Å². The molecule has 0 unspecified atom stereocenters. The van der Waals surface area contributed by atoms with Gasteiger partial charge in [-0.25, -0.2) is 5.01 Å². The van der Waals surface area contributed by atoms with Crippen LogP contribution in [0.2, 0.25) is 10.0 Å². The van der Waals surface area contributed by atoms with Crippen molar-refractivity contribution in [2.45, 2.75) is 32.2 Å². The van der Waals surface area contributed by atoms with Crippen molar-refractivity contribution in [3.63, 3.8) is 0 Å². The molecule has 0 spiro atoms. The molecule has 2 bridgehead atoms. The number of rotatable bonds is 6. The van der Waals surface area contributed by atoms with Crippen LogP contribution < -0.4 is 4.74 Å². The lowest BCUT2D eigenvalue weighted by molar-refractivity contribution is -0.157. The van der Waals surface area contributed by atoms with Crippen LogP contribution in [0, 0.1) is 23.7 Å². The van der Waals surface area contributed by atoms with Gasteiger partial charge in [0.25, 0.3) is 17.7 Å². The van der Waals surface area contributed by atoms with Crippen molar-refractivity contribution >= 4 is 46.7 Å². The fourth-order valence-electron chi connectivity index (χ4n) is 5.91. The number of hydrogen-bond acceptors (Lipinski definition) is 5. The predicted molar refractivity (Wildman–Crippen MR) is 129 cm³/mol. The first-order chi connectivity index (χ1) is 16.7. The van der Waals surface area contributed by atoms with Crippen molar-refractivity contribution in [2.75, 3.05) is 7.11 Å². The van der Waals surface area contributed by atoms with Crippen LogP contribution in [0.3, 0.4) is 0 Å². The van der Waals surface area contributed by atoms with Gasteiger partial charge in [0.1, 0.15) is 11.8 Å². The summed E-state index contributed by atoms with van der Waals surface area (Å²) in [5.74, 6) is -1.92. The Balaban J connectivity index is 1.54. The summed E-state index contributed by atoms with van der Waals surface area (Å²) in [4.78, 5) is 54.4. The number of nitrogens with zero attached hydrogens (tertiary/aromatic N) is 2. The zero-order valence-corrected chi connectivity index (χ0v) is 20.8. The highest BCUT2D eigenvalue weighted by Gasteiger charge is 2.63. The number of Topliss-reactive ketones (excluding diaryl/α,β-unsaturated/α-hetero) is 1. The normalized spacial score (nSPS) is 25.5. The maximum Gasteiger partial charge on any atom is 0.273 e. The van der Waals surface area contributed by atoms with Crippen molar-refractivity contribution in [2.24, 2.45) is 23.7 Å². The second-order valence-electron chi connectivity index (χ2n) is 9.42. The van der Waals surface area contributed by atoms with Crippen LogP contribution in [-0.2, 0) is 9.59 Å². The number of imide groups is 1. The van der Waals surface area contributed by atoms with Gasteiger partial charge in [-0.1, -0.05) is 23.2 Å². The third-order valence-corrected chi connectivity index (χ3v) is 8.35. The molecule has 2 saturated carbocycles. The van der Waals surface area contributed by atoms with Gasteiger partial charge in [0.2, 0.25) is 0 Å². The second-order valence-corrected chi connectivity index (χ2v) is 10.2. The van der Waals surface area contributed by atoms with Crippen LogP contribution in [0.15, 0.2) is 42.5 Å². The van der Waals surface area contributed by atoms with Crippen LogP contribution in [0.25, 0.3) is 0 Å². The van der Waals surface area contributed by atoms with E-state index in [9.17, 15) is 19.2 Å². The maximum absolute atomic E-state index is 13.8. The summed E-state index contributed by atoms with van der Waals surface area (Å²) in [5, 5.41) is 2.35. The quantitative estimate of drug-likeness (QED) is 0.413. The summed E-state index contributed by atoms with van der Waals surface area (Å²) in [6.45, 7) is 1.52. The summed E-state index contributed by atoms with van der Waals surface area (Å²) >= 11 is 12.2. The maximum atomic E-state index is 13.8. The molecular weight excluding hydrogens is 491 g/mol. The van der Waals surface area contributed by atoms with E-state index < -0.39 is 41.4 Å². The van der Waals surface area contributed by atoms with E-state index in [2.05, 4.69) is 0 Å². The van der Waals surface area contributed by atoms with Crippen molar-refractivity contribution in [3.05, 3.63) is 63.6 Å². The monoisotopic (exact) mass is 514 g/mol. The molecule has 2 aromatic rings. The van der Waals surface area contributed by atoms with E-state index in [1.165, 1.54) is 32.2 Å². The van der Waals surface area contributed by atoms with Gasteiger partial charge in [-0.3, -0.25) is 19.2 Å². The van der Waals surface area contributed by atoms with Gasteiger partial charge < -0.3 is 4.74 Å². The molecule has 3 fully saturated rings. The number of ketones is 1. The molecule has 35 heavy (non-hydrogen) atoms. The molecule has 2 aromatic carbocycles. The van der Waals surface area contributed by atoms with Crippen molar-refractivity contribution in [1.29, 1.82) is 0 Å². The smallest absolute Gasteiger partial charge is 0.273 e. The van der Waals surface area contributed by atoms with Crippen molar-refractivity contribution in [3.8, 4) is 5.75 Å². The van der Waals surface area contributed by atoms with E-state index in [1.54, 1.807) is 24.3 Å². The molecule has 0 radical (unpaired) electrons. The number of fused-ring (bicyclic) bond motifs is 5. The van der Waals surface area contributed by atoms with Crippen molar-refractivity contribution in [1.82, 2.24) is 10.0 Å². The van der Waals surface area contributed by atoms with Crippen molar-refractivity contribution < 1.29 is 23.9 Å². The van der Waals surface area contributed by atoms with Gasteiger partial charge in [-0.15, -0.1) is 0 Å². The Hall–Kier alpha value is -2.90. The van der Waals surface area contributed by atoms with E-state index in [0.29, 0.717) is 11.3 Å². The third kappa shape index (κ3) is 3.81. The van der Waals surface area contributed by atoms with E-state index >= 15 is 0 Å². The summed E-state index contributed by atoms with van der Waals surface area (Å²) in [7, 11) is 1.52. The fraction of sp³-hybridized carbons (Fsp3) is 0.385. The number of benzene rings is 2. The van der Waals surface area contributed by atoms with Crippen LogP contribution in [0.5, 0.6) is 5.75 Å². The first kappa shape index (κ1) is 23.8. The third-order valence-electron chi connectivity index (χ3n) is 7.62. The Bertz CT molecular complexity index is 1200. The van der Waals surface area contributed by atoms with Gasteiger partial charge in [0.05, 0.1) is 29.0 Å². The molecule has 2 aliphatic carbocycles. The molecule has 5 atom stereocenters. The molecule has 1 aliphatic heterocycles. The largest absolute Gasteiger partial charge is 0.497 e. The van der Waals surface area contributed by atoms with Gasteiger partial charge in [0, 0.05) is 11.1 Å². The molecule has 9 heteroatoms.